The van der Waals surface area contributed by atoms with Crippen molar-refractivity contribution in [2.24, 2.45) is 0 Å². The van der Waals surface area contributed by atoms with Crippen molar-refractivity contribution < 1.29 is 9.53 Å². The van der Waals surface area contributed by atoms with E-state index in [0.717, 1.165) is 9.26 Å². The average Bonchev–Trinajstić information content (AvgIpc) is 2.17. The minimum Gasteiger partial charge on any atom is -0.462 e. The quantitative estimate of drug-likeness (QED) is 0.633. The van der Waals surface area contributed by atoms with Gasteiger partial charge in [0.25, 0.3) is 0 Å². The van der Waals surface area contributed by atoms with Gasteiger partial charge in [0.2, 0.25) is 0 Å². The smallest absolute Gasteiger partial charge is 0.338 e. The van der Waals surface area contributed by atoms with Gasteiger partial charge in [-0.1, -0.05) is 0 Å². The van der Waals surface area contributed by atoms with E-state index in [0.29, 0.717) is 12.2 Å². The minimum absolute atomic E-state index is 0.263. The van der Waals surface area contributed by atoms with Gasteiger partial charge in [0, 0.05) is 23.4 Å². The summed E-state index contributed by atoms with van der Waals surface area (Å²) in [5, 5.41) is 0. The highest BCUT2D eigenvalue weighted by Gasteiger charge is 2.09. The average molecular weight is 319 g/mol. The summed E-state index contributed by atoms with van der Waals surface area (Å²) in [4.78, 5) is 13.4. The monoisotopic (exact) mass is 319 g/mol. The fourth-order valence-corrected chi connectivity index (χ4v) is 2.21. The molecule has 0 aromatic heterocycles. The first-order chi connectivity index (χ1) is 7.06. The molecule has 82 valence electrons. The largest absolute Gasteiger partial charge is 0.462 e. The molecule has 4 heteroatoms. The number of carbonyl (C=O) groups is 1. The lowest BCUT2D eigenvalue weighted by Gasteiger charge is -2.15. The van der Waals surface area contributed by atoms with Crippen molar-refractivity contribution in [3.63, 3.8) is 0 Å². The summed E-state index contributed by atoms with van der Waals surface area (Å²) in [6.45, 7) is 2.21. The third-order valence-corrected chi connectivity index (χ3v) is 2.80. The Labute approximate surface area is 104 Å². The van der Waals surface area contributed by atoms with Crippen LogP contribution in [-0.2, 0) is 4.74 Å². The normalized spacial score (nSPS) is 9.87. The molecule has 0 saturated carbocycles. The molecule has 0 unspecified atom stereocenters. The molecule has 0 radical (unpaired) electrons. The van der Waals surface area contributed by atoms with Gasteiger partial charge >= 0.3 is 5.97 Å². The minimum atomic E-state index is -0.263. The first-order valence-corrected chi connectivity index (χ1v) is 5.78. The first-order valence-electron chi connectivity index (χ1n) is 4.70. The van der Waals surface area contributed by atoms with Crippen LogP contribution in [0, 0.1) is 3.57 Å². The molecule has 0 heterocycles. The Morgan fingerprint density at radius 3 is 2.60 bits per heavy atom. The van der Waals surface area contributed by atoms with Crippen molar-refractivity contribution in [2.75, 3.05) is 25.6 Å². The molecule has 3 nitrogen and oxygen atoms in total. The van der Waals surface area contributed by atoms with E-state index in [2.05, 4.69) is 22.6 Å². The van der Waals surface area contributed by atoms with Crippen molar-refractivity contribution in [1.29, 1.82) is 0 Å². The lowest BCUT2D eigenvalue weighted by atomic mass is 10.2. The van der Waals surface area contributed by atoms with Crippen LogP contribution in [0.25, 0.3) is 0 Å². The molecule has 0 aliphatic heterocycles. The van der Waals surface area contributed by atoms with Crippen LogP contribution >= 0.6 is 22.6 Å². The highest BCUT2D eigenvalue weighted by atomic mass is 127. The fraction of sp³-hybridized carbons (Fsp3) is 0.364. The van der Waals surface area contributed by atoms with Gasteiger partial charge in [-0.15, -0.1) is 0 Å². The number of ether oxygens (including phenoxy) is 1. The van der Waals surface area contributed by atoms with Crippen LogP contribution in [0.4, 0.5) is 5.69 Å². The van der Waals surface area contributed by atoms with E-state index in [-0.39, 0.29) is 5.97 Å². The molecular weight excluding hydrogens is 305 g/mol. The van der Waals surface area contributed by atoms with Crippen molar-refractivity contribution >= 4 is 34.2 Å². The molecular formula is C11H14INO2. The standard InChI is InChI=1S/C11H14INO2/c1-4-15-11(14)8-5-6-10(13(2)3)9(12)7-8/h5-7H,4H2,1-3H3. The maximum Gasteiger partial charge on any atom is 0.338 e. The fourth-order valence-electron chi connectivity index (χ4n) is 1.21. The maximum absolute atomic E-state index is 11.4. The van der Waals surface area contributed by atoms with E-state index in [9.17, 15) is 4.79 Å². The summed E-state index contributed by atoms with van der Waals surface area (Å²) in [5.74, 6) is -0.263. The third kappa shape index (κ3) is 3.09. The van der Waals surface area contributed by atoms with Crippen LogP contribution < -0.4 is 4.90 Å². The summed E-state index contributed by atoms with van der Waals surface area (Å²) in [7, 11) is 3.95. The maximum atomic E-state index is 11.4. The number of halogens is 1. The number of hydrogen-bond acceptors (Lipinski definition) is 3. The second kappa shape index (κ2) is 5.34. The van der Waals surface area contributed by atoms with E-state index < -0.39 is 0 Å². The number of rotatable bonds is 3. The van der Waals surface area contributed by atoms with Gasteiger partial charge in [-0.3, -0.25) is 0 Å². The molecule has 0 amide bonds. The van der Waals surface area contributed by atoms with Crippen LogP contribution in [0.15, 0.2) is 18.2 Å². The number of hydrogen-bond donors (Lipinski definition) is 0. The zero-order valence-corrected chi connectivity index (χ0v) is 11.2. The Hall–Kier alpha value is -0.780. The summed E-state index contributed by atoms with van der Waals surface area (Å²) in [6.07, 6.45) is 0. The highest BCUT2D eigenvalue weighted by molar-refractivity contribution is 14.1. The van der Waals surface area contributed by atoms with Gasteiger partial charge in [0.05, 0.1) is 12.2 Å². The molecule has 0 bridgehead atoms. The van der Waals surface area contributed by atoms with Crippen LogP contribution in [0.5, 0.6) is 0 Å². The van der Waals surface area contributed by atoms with Crippen LogP contribution in [-0.4, -0.2) is 26.7 Å². The van der Waals surface area contributed by atoms with E-state index in [1.54, 1.807) is 13.0 Å². The Bertz CT molecular complexity index is 364. The van der Waals surface area contributed by atoms with Crippen LogP contribution in [0.1, 0.15) is 17.3 Å². The van der Waals surface area contributed by atoms with Crippen molar-refractivity contribution in [1.82, 2.24) is 0 Å². The summed E-state index contributed by atoms with van der Waals surface area (Å²) in [6, 6.07) is 5.55. The SMILES string of the molecule is CCOC(=O)c1ccc(N(C)C)c(I)c1. The Kier molecular flexibility index (Phi) is 4.38. The molecule has 0 aliphatic carbocycles. The van der Waals surface area contributed by atoms with Crippen LogP contribution in [0.2, 0.25) is 0 Å². The summed E-state index contributed by atoms with van der Waals surface area (Å²) < 4.78 is 5.97. The molecule has 0 atom stereocenters. The molecule has 0 N–H and O–H groups in total. The predicted molar refractivity (Wildman–Crippen MR) is 69.4 cm³/mol. The van der Waals surface area contributed by atoms with Crippen molar-refractivity contribution in [3.05, 3.63) is 27.3 Å². The summed E-state index contributed by atoms with van der Waals surface area (Å²) >= 11 is 2.21. The van der Waals surface area contributed by atoms with E-state index in [1.165, 1.54) is 0 Å². The molecule has 0 aliphatic rings. The number of esters is 1. The Balaban J connectivity index is 2.96. The lowest BCUT2D eigenvalue weighted by Crippen LogP contribution is -2.11. The van der Waals surface area contributed by atoms with E-state index >= 15 is 0 Å². The second-order valence-electron chi connectivity index (χ2n) is 3.28. The Morgan fingerprint density at radius 2 is 2.13 bits per heavy atom. The topological polar surface area (TPSA) is 29.5 Å². The van der Waals surface area contributed by atoms with E-state index in [4.69, 9.17) is 4.74 Å². The van der Waals surface area contributed by atoms with Gasteiger partial charge in [0.15, 0.2) is 0 Å². The molecule has 1 rings (SSSR count). The number of nitrogens with zero attached hydrogens (tertiary/aromatic N) is 1. The molecule has 1 aromatic carbocycles. The van der Waals surface area contributed by atoms with Crippen LogP contribution in [0.3, 0.4) is 0 Å². The highest BCUT2D eigenvalue weighted by Crippen LogP contribution is 2.22. The third-order valence-electron chi connectivity index (χ3n) is 1.94. The first kappa shape index (κ1) is 12.3. The molecule has 1 aromatic rings. The predicted octanol–water partition coefficient (Wildman–Crippen LogP) is 2.53. The summed E-state index contributed by atoms with van der Waals surface area (Å²) in [5.41, 5.74) is 1.70. The molecule has 0 spiro atoms. The molecule has 15 heavy (non-hydrogen) atoms. The van der Waals surface area contributed by atoms with Gasteiger partial charge in [0.1, 0.15) is 0 Å². The van der Waals surface area contributed by atoms with Gasteiger partial charge in [-0.25, -0.2) is 4.79 Å². The lowest BCUT2D eigenvalue weighted by molar-refractivity contribution is 0.0526. The number of benzene rings is 1. The molecule has 0 saturated heterocycles. The zero-order chi connectivity index (χ0) is 11.4. The van der Waals surface area contributed by atoms with Gasteiger partial charge < -0.3 is 9.64 Å². The number of carbonyl (C=O) groups excluding carboxylic acids is 1. The number of anilines is 1. The second-order valence-corrected chi connectivity index (χ2v) is 4.44. The molecule has 0 fully saturated rings. The zero-order valence-electron chi connectivity index (χ0n) is 9.08. The van der Waals surface area contributed by atoms with Gasteiger partial charge in [-0.2, -0.15) is 0 Å². The van der Waals surface area contributed by atoms with Crippen molar-refractivity contribution in [3.8, 4) is 0 Å². The van der Waals surface area contributed by atoms with Gasteiger partial charge in [-0.05, 0) is 47.7 Å². The Morgan fingerprint density at radius 1 is 1.47 bits per heavy atom. The van der Waals surface area contributed by atoms with Crippen molar-refractivity contribution in [2.45, 2.75) is 6.92 Å². The van der Waals surface area contributed by atoms with E-state index in [1.807, 2.05) is 31.1 Å².